The van der Waals surface area contributed by atoms with E-state index >= 15 is 0 Å². The molecular weight excluding hydrogens is 160 g/mol. The molecule has 4 heteroatoms. The van der Waals surface area contributed by atoms with Gasteiger partial charge in [0.25, 0.3) is 0 Å². The quantitative estimate of drug-likeness (QED) is 0.377. The molecule has 0 aliphatic carbocycles. The standard InChI is InChI=1S/C7H16N2OS/c1-3-7(8)9-5-4-6-11(2)10/h3-6H2,1-2H3,(H2,8,9). The highest BCUT2D eigenvalue weighted by Gasteiger charge is 1.90. The molecule has 0 aromatic heterocycles. The second kappa shape index (κ2) is 6.34. The molecular formula is C7H16N2OS. The molecule has 0 aliphatic heterocycles. The summed E-state index contributed by atoms with van der Waals surface area (Å²) in [6, 6.07) is 0. The topological polar surface area (TPSA) is 55.4 Å². The summed E-state index contributed by atoms with van der Waals surface area (Å²) >= 11 is 0. The molecule has 11 heavy (non-hydrogen) atoms. The van der Waals surface area contributed by atoms with Gasteiger partial charge >= 0.3 is 0 Å². The number of rotatable bonds is 5. The molecule has 0 aliphatic rings. The summed E-state index contributed by atoms with van der Waals surface area (Å²) in [5, 5.41) is 0. The van der Waals surface area contributed by atoms with Crippen LogP contribution in [0.2, 0.25) is 0 Å². The van der Waals surface area contributed by atoms with Crippen LogP contribution in [0.4, 0.5) is 0 Å². The molecule has 0 aromatic rings. The van der Waals surface area contributed by atoms with Crippen LogP contribution in [0.5, 0.6) is 0 Å². The molecule has 0 radical (unpaired) electrons. The first-order valence-electron chi connectivity index (χ1n) is 3.75. The van der Waals surface area contributed by atoms with E-state index in [9.17, 15) is 4.21 Å². The van der Waals surface area contributed by atoms with E-state index in [0.717, 1.165) is 18.6 Å². The predicted octanol–water partition coefficient (Wildman–Crippen LogP) is 0.522. The van der Waals surface area contributed by atoms with Crippen LogP contribution >= 0.6 is 0 Å². The summed E-state index contributed by atoms with van der Waals surface area (Å²) in [6.45, 7) is 2.68. The third-order valence-corrected chi connectivity index (χ3v) is 2.13. The Kier molecular flexibility index (Phi) is 6.12. The summed E-state index contributed by atoms with van der Waals surface area (Å²) in [5.74, 6) is 1.41. The number of nitrogens with two attached hydrogens (primary N) is 1. The normalized spacial score (nSPS) is 14.9. The van der Waals surface area contributed by atoms with Gasteiger partial charge in [-0.15, -0.1) is 0 Å². The monoisotopic (exact) mass is 176 g/mol. The van der Waals surface area contributed by atoms with Crippen LogP contribution in [0.15, 0.2) is 4.99 Å². The number of hydrogen-bond donors (Lipinski definition) is 1. The van der Waals surface area contributed by atoms with Gasteiger partial charge in [-0.1, -0.05) is 6.92 Å². The maximum Gasteiger partial charge on any atom is 0.0934 e. The molecule has 0 saturated heterocycles. The molecule has 66 valence electrons. The van der Waals surface area contributed by atoms with Crippen molar-refractivity contribution in [3.8, 4) is 0 Å². The number of aliphatic imine (C=N–C) groups is 1. The molecule has 3 nitrogen and oxygen atoms in total. The van der Waals surface area contributed by atoms with Crippen LogP contribution in [-0.4, -0.2) is 28.6 Å². The van der Waals surface area contributed by atoms with Crippen molar-refractivity contribution in [1.29, 1.82) is 0 Å². The average Bonchev–Trinajstić information content (AvgIpc) is 1.97. The second-order valence-electron chi connectivity index (χ2n) is 2.36. The molecule has 0 heterocycles. The van der Waals surface area contributed by atoms with E-state index in [1.807, 2.05) is 6.92 Å². The zero-order valence-corrected chi connectivity index (χ0v) is 7.99. The van der Waals surface area contributed by atoms with E-state index in [1.165, 1.54) is 0 Å². The second-order valence-corrected chi connectivity index (χ2v) is 3.91. The van der Waals surface area contributed by atoms with Crippen molar-refractivity contribution in [2.24, 2.45) is 10.7 Å². The Labute approximate surface area is 70.5 Å². The van der Waals surface area contributed by atoms with Crippen LogP contribution in [0, 0.1) is 0 Å². The van der Waals surface area contributed by atoms with Crippen LogP contribution in [-0.2, 0) is 10.8 Å². The number of hydrogen-bond acceptors (Lipinski definition) is 2. The fourth-order valence-corrected chi connectivity index (χ4v) is 1.14. The highest BCUT2D eigenvalue weighted by Crippen LogP contribution is 1.86. The Bertz CT molecular complexity index is 157. The van der Waals surface area contributed by atoms with Gasteiger partial charge in [0, 0.05) is 35.8 Å². The van der Waals surface area contributed by atoms with Crippen molar-refractivity contribution < 1.29 is 4.21 Å². The van der Waals surface area contributed by atoms with Crippen molar-refractivity contribution >= 4 is 16.6 Å². The third-order valence-electron chi connectivity index (χ3n) is 1.27. The average molecular weight is 176 g/mol. The Morgan fingerprint density at radius 1 is 1.64 bits per heavy atom. The van der Waals surface area contributed by atoms with Crippen molar-refractivity contribution in [1.82, 2.24) is 0 Å². The van der Waals surface area contributed by atoms with Gasteiger partial charge in [0.15, 0.2) is 0 Å². The van der Waals surface area contributed by atoms with E-state index in [0.29, 0.717) is 12.4 Å². The zero-order chi connectivity index (χ0) is 8.69. The van der Waals surface area contributed by atoms with Crippen molar-refractivity contribution in [3.63, 3.8) is 0 Å². The van der Waals surface area contributed by atoms with Gasteiger partial charge in [0.1, 0.15) is 0 Å². The first-order valence-corrected chi connectivity index (χ1v) is 5.48. The van der Waals surface area contributed by atoms with Crippen molar-refractivity contribution in [3.05, 3.63) is 0 Å². The molecule has 0 rings (SSSR count). The van der Waals surface area contributed by atoms with E-state index in [2.05, 4.69) is 4.99 Å². The van der Waals surface area contributed by atoms with Crippen LogP contribution in [0.25, 0.3) is 0 Å². The fraction of sp³-hybridized carbons (Fsp3) is 0.857. The molecule has 0 spiro atoms. The summed E-state index contributed by atoms with van der Waals surface area (Å²) < 4.78 is 10.6. The lowest BCUT2D eigenvalue weighted by atomic mass is 10.4. The largest absolute Gasteiger partial charge is 0.387 e. The molecule has 1 atom stereocenters. The summed E-state index contributed by atoms with van der Waals surface area (Å²) in [4.78, 5) is 4.07. The zero-order valence-electron chi connectivity index (χ0n) is 7.17. The number of nitrogens with zero attached hydrogens (tertiary/aromatic N) is 1. The van der Waals surface area contributed by atoms with Gasteiger partial charge in [0.05, 0.1) is 5.84 Å². The van der Waals surface area contributed by atoms with E-state index in [1.54, 1.807) is 6.26 Å². The number of amidine groups is 1. The lowest BCUT2D eigenvalue weighted by Gasteiger charge is -1.95. The minimum atomic E-state index is -0.692. The highest BCUT2D eigenvalue weighted by atomic mass is 32.2. The molecule has 0 amide bonds. The highest BCUT2D eigenvalue weighted by molar-refractivity contribution is 7.84. The molecule has 2 N–H and O–H groups in total. The SMILES string of the molecule is CCC(N)=NCCCS(C)=O. The van der Waals surface area contributed by atoms with Gasteiger partial charge in [-0.25, -0.2) is 0 Å². The lowest BCUT2D eigenvalue weighted by molar-refractivity contribution is 0.684. The van der Waals surface area contributed by atoms with Gasteiger partial charge in [-0.3, -0.25) is 9.20 Å². The summed E-state index contributed by atoms with van der Waals surface area (Å²) in [6.07, 6.45) is 3.37. The van der Waals surface area contributed by atoms with E-state index in [4.69, 9.17) is 5.73 Å². The third kappa shape index (κ3) is 7.52. The molecule has 0 saturated carbocycles. The predicted molar refractivity (Wildman–Crippen MR) is 50.3 cm³/mol. The molecule has 0 aromatic carbocycles. The van der Waals surface area contributed by atoms with E-state index in [-0.39, 0.29) is 0 Å². The smallest absolute Gasteiger partial charge is 0.0934 e. The maximum absolute atomic E-state index is 10.6. The first-order chi connectivity index (χ1) is 5.16. The van der Waals surface area contributed by atoms with Crippen molar-refractivity contribution in [2.45, 2.75) is 19.8 Å². The fourth-order valence-electron chi connectivity index (χ4n) is 0.602. The Morgan fingerprint density at radius 2 is 2.27 bits per heavy atom. The van der Waals surface area contributed by atoms with Gasteiger partial charge in [-0.05, 0) is 6.42 Å². The molecule has 0 bridgehead atoms. The van der Waals surface area contributed by atoms with Gasteiger partial charge < -0.3 is 5.73 Å². The first kappa shape index (κ1) is 10.6. The molecule has 0 fully saturated rings. The van der Waals surface area contributed by atoms with Gasteiger partial charge in [-0.2, -0.15) is 0 Å². The Morgan fingerprint density at radius 3 is 2.73 bits per heavy atom. The van der Waals surface area contributed by atoms with Crippen LogP contribution < -0.4 is 5.73 Å². The molecule has 1 unspecified atom stereocenters. The lowest BCUT2D eigenvalue weighted by Crippen LogP contribution is -2.10. The maximum atomic E-state index is 10.6. The Balaban J connectivity index is 3.33. The Hall–Kier alpha value is -0.380. The van der Waals surface area contributed by atoms with Crippen LogP contribution in [0.1, 0.15) is 19.8 Å². The van der Waals surface area contributed by atoms with E-state index < -0.39 is 10.8 Å². The minimum Gasteiger partial charge on any atom is -0.387 e. The van der Waals surface area contributed by atoms with Crippen LogP contribution in [0.3, 0.4) is 0 Å². The van der Waals surface area contributed by atoms with Gasteiger partial charge in [0.2, 0.25) is 0 Å². The summed E-state index contributed by atoms with van der Waals surface area (Å²) in [5.41, 5.74) is 5.46. The minimum absolute atomic E-state index is 0.687. The summed E-state index contributed by atoms with van der Waals surface area (Å²) in [7, 11) is -0.692. The van der Waals surface area contributed by atoms with Crippen molar-refractivity contribution in [2.75, 3.05) is 18.6 Å².